The van der Waals surface area contributed by atoms with Crippen molar-refractivity contribution in [1.29, 1.82) is 0 Å². The van der Waals surface area contributed by atoms with Gasteiger partial charge < -0.3 is 4.74 Å². The largest absolute Gasteiger partial charge is 0.466 e. The summed E-state index contributed by atoms with van der Waals surface area (Å²) in [6.07, 6.45) is 10.5. The van der Waals surface area contributed by atoms with Crippen LogP contribution in [0.1, 0.15) is 52.4 Å². The Hall–Kier alpha value is -0.790. The molecule has 0 radical (unpaired) electrons. The third-order valence-corrected chi connectivity index (χ3v) is 1.96. The van der Waals surface area contributed by atoms with Crippen LogP contribution in [0.2, 0.25) is 0 Å². The number of allylic oxidation sites excluding steroid dienone is 2. The van der Waals surface area contributed by atoms with E-state index in [0.29, 0.717) is 13.0 Å². The average molecular weight is 198 g/mol. The van der Waals surface area contributed by atoms with Crippen molar-refractivity contribution in [3.63, 3.8) is 0 Å². The number of carbonyl (C=O) groups excluding carboxylic acids is 1. The maximum Gasteiger partial charge on any atom is 0.305 e. The fraction of sp³-hybridized carbons (Fsp3) is 0.750. The van der Waals surface area contributed by atoms with Gasteiger partial charge in [0.15, 0.2) is 0 Å². The molecule has 0 atom stereocenters. The Labute approximate surface area is 87.3 Å². The van der Waals surface area contributed by atoms with E-state index in [1.54, 1.807) is 0 Å². The first kappa shape index (κ1) is 13.2. The van der Waals surface area contributed by atoms with Gasteiger partial charge in [-0.1, -0.05) is 25.5 Å². The second-order valence-electron chi connectivity index (χ2n) is 3.28. The maximum absolute atomic E-state index is 10.9. The van der Waals surface area contributed by atoms with E-state index in [2.05, 4.69) is 19.1 Å². The van der Waals surface area contributed by atoms with Crippen LogP contribution >= 0.6 is 0 Å². The summed E-state index contributed by atoms with van der Waals surface area (Å²) in [5.41, 5.74) is 0. The van der Waals surface area contributed by atoms with Gasteiger partial charge >= 0.3 is 5.97 Å². The highest BCUT2D eigenvalue weighted by Gasteiger charge is 1.99. The lowest BCUT2D eigenvalue weighted by atomic mass is 10.1. The molecular formula is C12H22O2. The molecule has 2 nitrogen and oxygen atoms in total. The van der Waals surface area contributed by atoms with Crippen molar-refractivity contribution >= 4 is 5.97 Å². The summed E-state index contributed by atoms with van der Waals surface area (Å²) in [7, 11) is 0. The predicted octanol–water partition coefficient (Wildman–Crippen LogP) is 3.47. The molecule has 0 fully saturated rings. The molecule has 0 rings (SSSR count). The summed E-state index contributed by atoms with van der Waals surface area (Å²) < 4.78 is 4.83. The van der Waals surface area contributed by atoms with E-state index >= 15 is 0 Å². The van der Waals surface area contributed by atoms with E-state index in [1.807, 2.05) is 6.92 Å². The molecule has 0 amide bonds. The van der Waals surface area contributed by atoms with Crippen LogP contribution in [0.3, 0.4) is 0 Å². The van der Waals surface area contributed by atoms with Crippen molar-refractivity contribution < 1.29 is 9.53 Å². The van der Waals surface area contributed by atoms with Crippen LogP contribution in [0.5, 0.6) is 0 Å². The third-order valence-electron chi connectivity index (χ3n) is 1.96. The summed E-state index contributed by atoms with van der Waals surface area (Å²) in [5.74, 6) is -0.0587. The number of esters is 1. The van der Waals surface area contributed by atoms with Crippen LogP contribution in [-0.2, 0) is 9.53 Å². The van der Waals surface area contributed by atoms with Gasteiger partial charge in [0.1, 0.15) is 0 Å². The second kappa shape index (κ2) is 10.3. The molecule has 0 aliphatic rings. The fourth-order valence-electron chi connectivity index (χ4n) is 1.23. The highest BCUT2D eigenvalue weighted by atomic mass is 16.5. The van der Waals surface area contributed by atoms with E-state index in [0.717, 1.165) is 25.7 Å². The lowest BCUT2D eigenvalue weighted by Crippen LogP contribution is -2.02. The number of hydrogen-bond acceptors (Lipinski definition) is 2. The number of hydrogen-bond donors (Lipinski definition) is 0. The number of unbranched alkanes of at least 4 members (excludes halogenated alkanes) is 3. The highest BCUT2D eigenvalue weighted by Crippen LogP contribution is 2.04. The minimum Gasteiger partial charge on any atom is -0.466 e. The molecule has 0 aromatic heterocycles. The first-order valence-corrected chi connectivity index (χ1v) is 5.61. The monoisotopic (exact) mass is 198 g/mol. The fourth-order valence-corrected chi connectivity index (χ4v) is 1.23. The number of carbonyl (C=O) groups is 1. The van der Waals surface area contributed by atoms with Crippen molar-refractivity contribution in [2.75, 3.05) is 6.61 Å². The number of rotatable bonds is 8. The second-order valence-corrected chi connectivity index (χ2v) is 3.28. The lowest BCUT2D eigenvalue weighted by Gasteiger charge is -2.00. The zero-order valence-corrected chi connectivity index (χ0v) is 9.42. The minimum atomic E-state index is -0.0587. The van der Waals surface area contributed by atoms with Gasteiger partial charge in [0.05, 0.1) is 6.61 Å². The van der Waals surface area contributed by atoms with E-state index in [4.69, 9.17) is 4.74 Å². The van der Waals surface area contributed by atoms with Crippen molar-refractivity contribution in [3.05, 3.63) is 12.2 Å². The van der Waals surface area contributed by atoms with Gasteiger partial charge in [0.25, 0.3) is 0 Å². The Bertz CT molecular complexity index is 162. The average Bonchev–Trinajstić information content (AvgIpc) is 2.17. The molecular weight excluding hydrogens is 176 g/mol. The van der Waals surface area contributed by atoms with E-state index < -0.39 is 0 Å². The van der Waals surface area contributed by atoms with E-state index in [-0.39, 0.29) is 5.97 Å². The molecule has 0 bridgehead atoms. The molecule has 0 aromatic carbocycles. The van der Waals surface area contributed by atoms with Crippen LogP contribution in [0.15, 0.2) is 12.2 Å². The van der Waals surface area contributed by atoms with Gasteiger partial charge in [0, 0.05) is 6.42 Å². The van der Waals surface area contributed by atoms with Crippen LogP contribution in [-0.4, -0.2) is 12.6 Å². The van der Waals surface area contributed by atoms with Crippen molar-refractivity contribution in [2.24, 2.45) is 0 Å². The molecule has 0 unspecified atom stereocenters. The molecule has 0 saturated heterocycles. The quantitative estimate of drug-likeness (QED) is 0.339. The summed E-state index contributed by atoms with van der Waals surface area (Å²) in [4.78, 5) is 10.9. The standard InChI is InChI=1S/C12H22O2/c1-3-5-6-7-8-9-10-11-12(13)14-4-2/h5-6H,3-4,7-11H2,1-2H3/b6-5-. The van der Waals surface area contributed by atoms with Crippen LogP contribution in [0, 0.1) is 0 Å². The smallest absolute Gasteiger partial charge is 0.305 e. The van der Waals surface area contributed by atoms with Gasteiger partial charge in [-0.15, -0.1) is 0 Å². The van der Waals surface area contributed by atoms with Crippen LogP contribution in [0.25, 0.3) is 0 Å². The third kappa shape index (κ3) is 9.30. The molecule has 0 N–H and O–H groups in total. The molecule has 0 heterocycles. The van der Waals surface area contributed by atoms with Crippen molar-refractivity contribution in [3.8, 4) is 0 Å². The predicted molar refractivity (Wildman–Crippen MR) is 59.1 cm³/mol. The number of ether oxygens (including phenoxy) is 1. The topological polar surface area (TPSA) is 26.3 Å². The van der Waals surface area contributed by atoms with Crippen LogP contribution in [0.4, 0.5) is 0 Å². The zero-order valence-electron chi connectivity index (χ0n) is 9.42. The van der Waals surface area contributed by atoms with Crippen LogP contribution < -0.4 is 0 Å². The normalized spacial score (nSPS) is 10.7. The first-order valence-electron chi connectivity index (χ1n) is 5.61. The van der Waals surface area contributed by atoms with E-state index in [1.165, 1.54) is 6.42 Å². The van der Waals surface area contributed by atoms with Gasteiger partial charge in [-0.3, -0.25) is 4.79 Å². The Kier molecular flexibility index (Phi) is 9.71. The summed E-state index contributed by atoms with van der Waals surface area (Å²) in [5, 5.41) is 0. The zero-order chi connectivity index (χ0) is 10.6. The molecule has 0 aliphatic carbocycles. The first-order chi connectivity index (χ1) is 6.81. The molecule has 0 spiro atoms. The van der Waals surface area contributed by atoms with Gasteiger partial charge in [0.2, 0.25) is 0 Å². The molecule has 0 saturated carbocycles. The molecule has 0 aliphatic heterocycles. The Morgan fingerprint density at radius 3 is 2.57 bits per heavy atom. The Morgan fingerprint density at radius 1 is 1.14 bits per heavy atom. The summed E-state index contributed by atoms with van der Waals surface area (Å²) in [6, 6.07) is 0. The van der Waals surface area contributed by atoms with Crippen molar-refractivity contribution in [2.45, 2.75) is 52.4 Å². The van der Waals surface area contributed by atoms with Gasteiger partial charge in [-0.05, 0) is 32.6 Å². The molecule has 82 valence electrons. The minimum absolute atomic E-state index is 0.0587. The lowest BCUT2D eigenvalue weighted by molar-refractivity contribution is -0.143. The highest BCUT2D eigenvalue weighted by molar-refractivity contribution is 5.69. The van der Waals surface area contributed by atoms with Gasteiger partial charge in [-0.2, -0.15) is 0 Å². The molecule has 14 heavy (non-hydrogen) atoms. The van der Waals surface area contributed by atoms with Gasteiger partial charge in [-0.25, -0.2) is 0 Å². The molecule has 2 heteroatoms. The Morgan fingerprint density at radius 2 is 1.93 bits per heavy atom. The maximum atomic E-state index is 10.9. The SMILES string of the molecule is CC/C=C\CCCCCC(=O)OCC. The summed E-state index contributed by atoms with van der Waals surface area (Å²) >= 11 is 0. The summed E-state index contributed by atoms with van der Waals surface area (Å²) in [6.45, 7) is 4.47. The molecule has 0 aromatic rings. The van der Waals surface area contributed by atoms with Crippen molar-refractivity contribution in [1.82, 2.24) is 0 Å². The Balaban J connectivity index is 3.13. The van der Waals surface area contributed by atoms with E-state index in [9.17, 15) is 4.79 Å².